The molecule has 1 aliphatic heterocycles. The Labute approximate surface area is 169 Å². The normalized spacial score (nSPS) is 19.6. The van der Waals surface area contributed by atoms with Gasteiger partial charge in [-0.25, -0.2) is 4.79 Å². The molecule has 2 aliphatic rings. The van der Waals surface area contributed by atoms with E-state index in [1.54, 1.807) is 19.1 Å². The summed E-state index contributed by atoms with van der Waals surface area (Å²) in [5.41, 5.74) is 0.891. The fourth-order valence-electron chi connectivity index (χ4n) is 3.29. The molecule has 1 heterocycles. The standard InChI is InChI=1S/C20H23NO4S2/c1-2-24-18(22)13-25-16-10-8-14(9-11-16)12-17-19(23)21(20(26)27-17)15-6-4-3-5-7-15/h8-12,15H,2-7,13H2,1H3/b17-12+. The van der Waals surface area contributed by atoms with Crippen molar-refractivity contribution in [1.82, 2.24) is 4.90 Å². The van der Waals surface area contributed by atoms with E-state index in [1.807, 2.05) is 23.1 Å². The highest BCUT2D eigenvalue weighted by molar-refractivity contribution is 8.26. The fourth-order valence-corrected chi connectivity index (χ4v) is 4.69. The first-order valence-corrected chi connectivity index (χ1v) is 10.5. The molecule has 3 rings (SSSR count). The third kappa shape index (κ3) is 5.11. The average Bonchev–Trinajstić information content (AvgIpc) is 2.95. The lowest BCUT2D eigenvalue weighted by molar-refractivity contribution is -0.145. The van der Waals surface area contributed by atoms with Crippen molar-refractivity contribution < 1.29 is 19.1 Å². The van der Waals surface area contributed by atoms with E-state index in [1.165, 1.54) is 18.2 Å². The minimum absolute atomic E-state index is 0.0135. The van der Waals surface area contributed by atoms with Crippen molar-refractivity contribution in [2.24, 2.45) is 0 Å². The number of hydrogen-bond acceptors (Lipinski definition) is 6. The maximum Gasteiger partial charge on any atom is 0.344 e. The van der Waals surface area contributed by atoms with E-state index in [2.05, 4.69) is 0 Å². The van der Waals surface area contributed by atoms with Crippen molar-refractivity contribution in [1.29, 1.82) is 0 Å². The number of thiocarbonyl (C=S) groups is 1. The molecule has 1 saturated carbocycles. The van der Waals surface area contributed by atoms with Crippen LogP contribution < -0.4 is 4.74 Å². The molecule has 144 valence electrons. The van der Waals surface area contributed by atoms with Gasteiger partial charge < -0.3 is 9.47 Å². The number of thioether (sulfide) groups is 1. The van der Waals surface area contributed by atoms with E-state index >= 15 is 0 Å². The predicted octanol–water partition coefficient (Wildman–Crippen LogP) is 4.16. The van der Waals surface area contributed by atoms with Crippen molar-refractivity contribution in [3.05, 3.63) is 34.7 Å². The molecule has 7 heteroatoms. The van der Waals surface area contributed by atoms with Gasteiger partial charge in [-0.3, -0.25) is 9.69 Å². The molecule has 1 saturated heterocycles. The summed E-state index contributed by atoms with van der Waals surface area (Å²) in [4.78, 5) is 26.6. The molecule has 1 aromatic rings. The molecule has 2 fully saturated rings. The summed E-state index contributed by atoms with van der Waals surface area (Å²) in [6, 6.07) is 7.50. The van der Waals surface area contributed by atoms with Gasteiger partial charge in [0.15, 0.2) is 6.61 Å². The first-order chi connectivity index (χ1) is 13.1. The maximum atomic E-state index is 12.8. The number of benzene rings is 1. The molecule has 0 bridgehead atoms. The Balaban J connectivity index is 1.63. The Kier molecular flexibility index (Phi) is 6.90. The third-order valence-corrected chi connectivity index (χ3v) is 5.93. The van der Waals surface area contributed by atoms with Gasteiger partial charge >= 0.3 is 5.97 Å². The highest BCUT2D eigenvalue weighted by atomic mass is 32.2. The monoisotopic (exact) mass is 405 g/mol. The zero-order valence-corrected chi connectivity index (χ0v) is 16.9. The van der Waals surface area contributed by atoms with Gasteiger partial charge in [0.05, 0.1) is 11.5 Å². The maximum absolute atomic E-state index is 12.8. The summed E-state index contributed by atoms with van der Waals surface area (Å²) in [7, 11) is 0. The smallest absolute Gasteiger partial charge is 0.344 e. The van der Waals surface area contributed by atoms with Gasteiger partial charge in [-0.15, -0.1) is 0 Å². The second-order valence-corrected chi connectivity index (χ2v) is 8.18. The number of carbonyl (C=O) groups excluding carboxylic acids is 2. The Morgan fingerprint density at radius 2 is 1.96 bits per heavy atom. The van der Waals surface area contributed by atoms with Crippen molar-refractivity contribution in [3.63, 3.8) is 0 Å². The highest BCUT2D eigenvalue weighted by Gasteiger charge is 2.37. The van der Waals surface area contributed by atoms with Crippen LogP contribution in [0.1, 0.15) is 44.6 Å². The van der Waals surface area contributed by atoms with Gasteiger partial charge in [-0.05, 0) is 43.5 Å². The molecule has 5 nitrogen and oxygen atoms in total. The zero-order valence-electron chi connectivity index (χ0n) is 15.3. The van der Waals surface area contributed by atoms with Gasteiger partial charge in [0.25, 0.3) is 5.91 Å². The van der Waals surface area contributed by atoms with Crippen LogP contribution in [0, 0.1) is 0 Å². The van der Waals surface area contributed by atoms with Crippen LogP contribution in [0.15, 0.2) is 29.2 Å². The lowest BCUT2D eigenvalue weighted by Crippen LogP contribution is -2.39. The largest absolute Gasteiger partial charge is 0.482 e. The molecule has 0 spiro atoms. The summed E-state index contributed by atoms with van der Waals surface area (Å²) < 4.78 is 10.9. The molecular weight excluding hydrogens is 382 g/mol. The Bertz CT molecular complexity index is 739. The fraction of sp³-hybridized carbons (Fsp3) is 0.450. The quantitative estimate of drug-likeness (QED) is 0.402. The van der Waals surface area contributed by atoms with E-state index in [4.69, 9.17) is 21.7 Å². The van der Waals surface area contributed by atoms with Crippen LogP contribution in [0.4, 0.5) is 0 Å². The number of nitrogens with zero attached hydrogens (tertiary/aromatic N) is 1. The molecule has 0 atom stereocenters. The van der Waals surface area contributed by atoms with Crippen molar-refractivity contribution in [2.45, 2.75) is 45.1 Å². The lowest BCUT2D eigenvalue weighted by Gasteiger charge is -2.29. The van der Waals surface area contributed by atoms with Gasteiger partial charge in [0, 0.05) is 6.04 Å². The first-order valence-electron chi connectivity index (χ1n) is 9.24. The molecule has 0 radical (unpaired) electrons. The number of esters is 1. The Morgan fingerprint density at radius 1 is 1.26 bits per heavy atom. The van der Waals surface area contributed by atoms with Crippen LogP contribution in [-0.2, 0) is 14.3 Å². The van der Waals surface area contributed by atoms with Crippen molar-refractivity contribution >= 4 is 46.3 Å². The summed E-state index contributed by atoms with van der Waals surface area (Å²) in [6.45, 7) is 1.97. The third-order valence-electron chi connectivity index (χ3n) is 4.60. The Hall–Kier alpha value is -1.86. The zero-order chi connectivity index (χ0) is 19.2. The number of amides is 1. The molecule has 1 aromatic carbocycles. The molecule has 1 amide bonds. The molecule has 27 heavy (non-hydrogen) atoms. The topological polar surface area (TPSA) is 55.8 Å². The predicted molar refractivity (Wildman–Crippen MR) is 110 cm³/mol. The first kappa shape index (κ1) is 19.9. The molecule has 0 N–H and O–H groups in total. The van der Waals surface area contributed by atoms with Gasteiger partial charge in [0.1, 0.15) is 10.1 Å². The number of hydrogen-bond donors (Lipinski definition) is 0. The van der Waals surface area contributed by atoms with Crippen LogP contribution in [0.5, 0.6) is 5.75 Å². The van der Waals surface area contributed by atoms with E-state index in [9.17, 15) is 9.59 Å². The average molecular weight is 406 g/mol. The van der Waals surface area contributed by atoms with Crippen LogP contribution in [-0.4, -0.2) is 40.4 Å². The summed E-state index contributed by atoms with van der Waals surface area (Å²) in [6.07, 6.45) is 7.49. The second kappa shape index (κ2) is 9.37. The molecule has 0 aromatic heterocycles. The van der Waals surface area contributed by atoms with Crippen LogP contribution in [0.25, 0.3) is 6.08 Å². The number of rotatable bonds is 6. The molecule has 1 aliphatic carbocycles. The van der Waals surface area contributed by atoms with Crippen molar-refractivity contribution in [2.75, 3.05) is 13.2 Å². The number of carbonyl (C=O) groups is 2. The van der Waals surface area contributed by atoms with E-state index < -0.39 is 5.97 Å². The summed E-state index contributed by atoms with van der Waals surface area (Å²) in [5, 5.41) is 0. The van der Waals surface area contributed by atoms with Crippen LogP contribution >= 0.6 is 24.0 Å². The number of ether oxygens (including phenoxy) is 2. The minimum Gasteiger partial charge on any atom is -0.482 e. The van der Waals surface area contributed by atoms with Crippen LogP contribution in [0.2, 0.25) is 0 Å². The van der Waals surface area contributed by atoms with Gasteiger partial charge in [-0.1, -0.05) is 55.4 Å². The van der Waals surface area contributed by atoms with E-state index in [0.29, 0.717) is 21.6 Å². The van der Waals surface area contributed by atoms with Crippen molar-refractivity contribution in [3.8, 4) is 5.75 Å². The minimum atomic E-state index is -0.395. The van der Waals surface area contributed by atoms with E-state index in [0.717, 1.165) is 31.2 Å². The highest BCUT2D eigenvalue weighted by Crippen LogP contribution is 2.37. The van der Waals surface area contributed by atoms with E-state index in [-0.39, 0.29) is 18.6 Å². The molecule has 0 unspecified atom stereocenters. The van der Waals surface area contributed by atoms with Gasteiger partial charge in [-0.2, -0.15) is 0 Å². The second-order valence-electron chi connectivity index (χ2n) is 6.51. The summed E-state index contributed by atoms with van der Waals surface area (Å²) in [5.74, 6) is 0.197. The van der Waals surface area contributed by atoms with Crippen LogP contribution in [0.3, 0.4) is 0 Å². The lowest BCUT2D eigenvalue weighted by atomic mass is 9.94. The SMILES string of the molecule is CCOC(=O)COc1ccc(/C=C2/SC(=S)N(C3CCCCC3)C2=O)cc1. The van der Waals surface area contributed by atoms with Gasteiger partial charge in [0.2, 0.25) is 0 Å². The summed E-state index contributed by atoms with van der Waals surface area (Å²) >= 11 is 6.83. The molecular formula is C20H23NO4S2. The Morgan fingerprint density at radius 3 is 2.63 bits per heavy atom.